The summed E-state index contributed by atoms with van der Waals surface area (Å²) in [5, 5.41) is 4.72. The average molecular weight is 381 g/mol. The zero-order chi connectivity index (χ0) is 19.1. The van der Waals surface area contributed by atoms with Crippen molar-refractivity contribution in [2.45, 2.75) is 6.04 Å². The van der Waals surface area contributed by atoms with Crippen LogP contribution in [0.4, 0.5) is 0 Å². The summed E-state index contributed by atoms with van der Waals surface area (Å²) in [6.45, 7) is -0.337. The summed E-state index contributed by atoms with van der Waals surface area (Å²) in [4.78, 5) is 24.8. The number of carbonyl (C=O) groups excluding carboxylic acids is 2. The van der Waals surface area contributed by atoms with Crippen molar-refractivity contribution in [3.8, 4) is 5.75 Å². The first-order valence-corrected chi connectivity index (χ1v) is 9.24. The van der Waals surface area contributed by atoms with E-state index < -0.39 is 5.97 Å². The zero-order valence-corrected chi connectivity index (χ0v) is 15.6. The summed E-state index contributed by atoms with van der Waals surface area (Å²) in [6, 6.07) is 20.2. The number of amides is 1. The van der Waals surface area contributed by atoms with Crippen LogP contribution in [0.5, 0.6) is 5.75 Å². The molecule has 6 heteroatoms. The highest BCUT2D eigenvalue weighted by atomic mass is 32.1. The predicted octanol–water partition coefficient (Wildman–Crippen LogP) is 3.82. The van der Waals surface area contributed by atoms with Crippen LogP contribution in [0, 0.1) is 0 Å². The third kappa shape index (κ3) is 4.95. The standard InChI is InChI=1S/C21H19NO4S/c1-25-17-11-9-16(10-12-17)20(15-6-3-2-4-7-15)22-19(23)14-26-21(24)18-8-5-13-27-18/h2-13,20H,14H2,1H3,(H,22,23)/t20-/m1/s1. The number of methoxy groups -OCH3 is 1. The molecule has 1 atom stereocenters. The van der Waals surface area contributed by atoms with Gasteiger partial charge in [0, 0.05) is 0 Å². The van der Waals surface area contributed by atoms with Crippen LogP contribution in [0.15, 0.2) is 72.1 Å². The van der Waals surface area contributed by atoms with Crippen LogP contribution in [-0.4, -0.2) is 25.6 Å². The predicted molar refractivity (Wildman–Crippen MR) is 104 cm³/mol. The van der Waals surface area contributed by atoms with Crippen molar-refractivity contribution in [2.75, 3.05) is 13.7 Å². The van der Waals surface area contributed by atoms with E-state index in [0.717, 1.165) is 16.9 Å². The Morgan fingerprint density at radius 3 is 2.30 bits per heavy atom. The third-order valence-corrected chi connectivity index (χ3v) is 4.79. The van der Waals surface area contributed by atoms with Gasteiger partial charge in [0.25, 0.3) is 5.91 Å². The Hall–Kier alpha value is -3.12. The van der Waals surface area contributed by atoms with Gasteiger partial charge in [0.1, 0.15) is 10.6 Å². The van der Waals surface area contributed by atoms with Crippen molar-refractivity contribution in [3.05, 3.63) is 88.1 Å². The normalized spacial score (nSPS) is 11.4. The molecule has 1 heterocycles. The summed E-state index contributed by atoms with van der Waals surface area (Å²) in [5.74, 6) is -0.132. The third-order valence-electron chi connectivity index (χ3n) is 3.94. The van der Waals surface area contributed by atoms with Gasteiger partial charge < -0.3 is 14.8 Å². The SMILES string of the molecule is COc1ccc([C@H](NC(=O)COC(=O)c2cccs2)c2ccccc2)cc1. The minimum Gasteiger partial charge on any atom is -0.497 e. The Labute approximate surface area is 161 Å². The molecular formula is C21H19NO4S. The summed E-state index contributed by atoms with van der Waals surface area (Å²) < 4.78 is 10.3. The molecular weight excluding hydrogens is 362 g/mol. The number of nitrogens with one attached hydrogen (secondary N) is 1. The fourth-order valence-corrected chi connectivity index (χ4v) is 3.22. The number of thiophene rings is 1. The number of hydrogen-bond acceptors (Lipinski definition) is 5. The maximum Gasteiger partial charge on any atom is 0.348 e. The second-order valence-electron chi connectivity index (χ2n) is 5.74. The smallest absolute Gasteiger partial charge is 0.348 e. The Bertz CT molecular complexity index is 876. The van der Waals surface area contributed by atoms with E-state index in [4.69, 9.17) is 9.47 Å². The van der Waals surface area contributed by atoms with E-state index in [0.29, 0.717) is 4.88 Å². The quantitative estimate of drug-likeness (QED) is 0.632. The van der Waals surface area contributed by atoms with Crippen molar-refractivity contribution >= 4 is 23.2 Å². The fraction of sp³-hybridized carbons (Fsp3) is 0.143. The first-order valence-electron chi connectivity index (χ1n) is 8.36. The van der Waals surface area contributed by atoms with E-state index in [9.17, 15) is 9.59 Å². The number of benzene rings is 2. The zero-order valence-electron chi connectivity index (χ0n) is 14.8. The molecule has 1 amide bonds. The van der Waals surface area contributed by atoms with E-state index >= 15 is 0 Å². The van der Waals surface area contributed by atoms with Gasteiger partial charge >= 0.3 is 5.97 Å². The molecule has 0 unspecified atom stereocenters. The number of ether oxygens (including phenoxy) is 2. The van der Waals surface area contributed by atoms with Gasteiger partial charge in [0.2, 0.25) is 0 Å². The molecule has 1 N–H and O–H groups in total. The summed E-state index contributed by atoms with van der Waals surface area (Å²) in [5.41, 5.74) is 1.83. The molecule has 2 aromatic carbocycles. The van der Waals surface area contributed by atoms with Crippen LogP contribution in [0.2, 0.25) is 0 Å². The van der Waals surface area contributed by atoms with Gasteiger partial charge in [0.05, 0.1) is 13.2 Å². The van der Waals surface area contributed by atoms with Crippen LogP contribution in [-0.2, 0) is 9.53 Å². The Morgan fingerprint density at radius 1 is 0.963 bits per heavy atom. The van der Waals surface area contributed by atoms with E-state index in [1.165, 1.54) is 11.3 Å². The highest BCUT2D eigenvalue weighted by molar-refractivity contribution is 7.11. The molecule has 0 fully saturated rings. The van der Waals surface area contributed by atoms with Crippen molar-refractivity contribution in [3.63, 3.8) is 0 Å². The largest absolute Gasteiger partial charge is 0.497 e. The van der Waals surface area contributed by atoms with Crippen LogP contribution >= 0.6 is 11.3 Å². The molecule has 0 aliphatic carbocycles. The number of hydrogen-bond donors (Lipinski definition) is 1. The molecule has 0 saturated carbocycles. The van der Waals surface area contributed by atoms with Crippen molar-refractivity contribution < 1.29 is 19.1 Å². The monoisotopic (exact) mass is 381 g/mol. The number of esters is 1. The minimum absolute atomic E-state index is 0.337. The molecule has 0 bridgehead atoms. The first-order chi connectivity index (χ1) is 13.2. The molecule has 0 aliphatic rings. The Balaban J connectivity index is 1.71. The van der Waals surface area contributed by atoms with Crippen molar-refractivity contribution in [1.82, 2.24) is 5.32 Å². The highest BCUT2D eigenvalue weighted by Crippen LogP contribution is 2.24. The average Bonchev–Trinajstić information content (AvgIpc) is 3.26. The molecule has 3 aromatic rings. The van der Waals surface area contributed by atoms with Gasteiger partial charge in [-0.2, -0.15) is 0 Å². The van der Waals surface area contributed by atoms with Gasteiger partial charge in [-0.15, -0.1) is 11.3 Å². The van der Waals surface area contributed by atoms with E-state index in [2.05, 4.69) is 5.32 Å². The number of carbonyl (C=O) groups is 2. The van der Waals surface area contributed by atoms with E-state index in [1.54, 1.807) is 24.6 Å². The van der Waals surface area contributed by atoms with Gasteiger partial charge in [-0.3, -0.25) is 4.79 Å². The molecule has 5 nitrogen and oxygen atoms in total. The summed E-state index contributed by atoms with van der Waals surface area (Å²) >= 11 is 1.28. The molecule has 0 aliphatic heterocycles. The van der Waals surface area contributed by atoms with Crippen LogP contribution < -0.4 is 10.1 Å². The lowest BCUT2D eigenvalue weighted by molar-refractivity contribution is -0.124. The highest BCUT2D eigenvalue weighted by Gasteiger charge is 2.18. The maximum absolute atomic E-state index is 12.4. The molecule has 138 valence electrons. The molecule has 3 rings (SSSR count). The molecule has 1 aromatic heterocycles. The first kappa shape index (κ1) is 18.7. The van der Waals surface area contributed by atoms with Gasteiger partial charge in [-0.25, -0.2) is 4.79 Å². The molecule has 0 radical (unpaired) electrons. The van der Waals surface area contributed by atoms with Gasteiger partial charge in [-0.05, 0) is 34.7 Å². The van der Waals surface area contributed by atoms with Gasteiger partial charge in [0.15, 0.2) is 6.61 Å². The topological polar surface area (TPSA) is 64.6 Å². The lowest BCUT2D eigenvalue weighted by Gasteiger charge is -2.20. The Morgan fingerprint density at radius 2 is 1.67 bits per heavy atom. The lowest BCUT2D eigenvalue weighted by atomic mass is 9.98. The second kappa shape index (κ2) is 9.00. The van der Waals surface area contributed by atoms with Crippen molar-refractivity contribution in [2.24, 2.45) is 0 Å². The summed E-state index contributed by atoms with van der Waals surface area (Å²) in [7, 11) is 1.60. The second-order valence-corrected chi connectivity index (χ2v) is 6.69. The summed E-state index contributed by atoms with van der Waals surface area (Å²) in [6.07, 6.45) is 0. The molecule has 0 saturated heterocycles. The minimum atomic E-state index is -0.499. The van der Waals surface area contributed by atoms with E-state index in [1.807, 2.05) is 54.6 Å². The lowest BCUT2D eigenvalue weighted by Crippen LogP contribution is -2.33. The van der Waals surface area contributed by atoms with E-state index in [-0.39, 0.29) is 18.6 Å². The maximum atomic E-state index is 12.4. The molecule has 27 heavy (non-hydrogen) atoms. The van der Waals surface area contributed by atoms with Crippen molar-refractivity contribution in [1.29, 1.82) is 0 Å². The fourth-order valence-electron chi connectivity index (χ4n) is 2.60. The Kier molecular flexibility index (Phi) is 6.22. The van der Waals surface area contributed by atoms with Crippen LogP contribution in [0.3, 0.4) is 0 Å². The number of rotatable bonds is 7. The van der Waals surface area contributed by atoms with Crippen LogP contribution in [0.25, 0.3) is 0 Å². The molecule has 0 spiro atoms. The van der Waals surface area contributed by atoms with Gasteiger partial charge in [-0.1, -0.05) is 48.5 Å². The van der Waals surface area contributed by atoms with Crippen LogP contribution in [0.1, 0.15) is 26.8 Å².